The molecule has 0 aliphatic carbocycles. The molecule has 1 aromatic heterocycles. The SMILES string of the molecule is CC1(C)[C@H](NC(=O)/C(=N\O[C@](C)(C(=O)O)[C@H]2CCc3cc(C(N)=NCCC4CCNCC4)ccc3O2)c2csc(N)n2)C(=O)N1OS(=O)(=O)O. The van der Waals surface area contributed by atoms with Crippen LogP contribution >= 0.6 is 11.3 Å². The lowest BCUT2D eigenvalue weighted by molar-refractivity contribution is -0.218. The van der Waals surface area contributed by atoms with Crippen LogP contribution in [0.5, 0.6) is 5.75 Å². The number of carbonyl (C=O) groups is 3. The van der Waals surface area contributed by atoms with Crippen molar-refractivity contribution < 1.29 is 46.3 Å². The van der Waals surface area contributed by atoms with Gasteiger partial charge in [-0.2, -0.15) is 13.5 Å². The number of aryl methyl sites for hydroxylation is 1. The third kappa shape index (κ3) is 7.99. The molecule has 3 atom stereocenters. The topological polar surface area (TPSA) is 270 Å². The van der Waals surface area contributed by atoms with Crippen molar-refractivity contribution in [2.75, 3.05) is 25.4 Å². The number of amidine groups is 1. The summed E-state index contributed by atoms with van der Waals surface area (Å²) in [6, 6.07) is 3.98. The first-order valence-electron chi connectivity index (χ1n) is 15.8. The monoisotopic (exact) mass is 736 g/mol. The van der Waals surface area contributed by atoms with Crippen LogP contribution in [-0.2, 0) is 40.3 Å². The minimum absolute atomic E-state index is 0.0633. The molecule has 20 heteroatoms. The Hall–Kier alpha value is -4.37. The lowest BCUT2D eigenvalue weighted by Crippen LogP contribution is -2.76. The second-order valence-corrected chi connectivity index (χ2v) is 14.8. The fraction of sp³-hybridized carbons (Fsp3) is 0.533. The van der Waals surface area contributed by atoms with Gasteiger partial charge in [-0.15, -0.1) is 15.6 Å². The molecule has 2 aromatic rings. The molecule has 0 unspecified atom stereocenters. The number of nitrogens with two attached hydrogens (primary N) is 2. The van der Waals surface area contributed by atoms with E-state index in [9.17, 15) is 27.9 Å². The Labute approximate surface area is 292 Å². The standard InChI is InChI=1S/C30H40N8O10S2/c1-29(2)23(26(40)38(29)48-50(43,44)45)36-25(39)22(19-15-49-28(32)35-19)37-47-30(3,27(41)42)21-7-5-17-14-18(4-6-20(17)46-21)24(31)34-13-10-16-8-11-33-12-9-16/h4,6,14-16,21,23,33H,5,7-13H2,1-3H3,(H2,31,34)(H2,32,35)(H,36,39)(H,41,42)(H,43,44,45)/b37-22-/t21-,23-,30+/m1/s1. The molecule has 0 saturated carbocycles. The van der Waals surface area contributed by atoms with Gasteiger partial charge in [0.25, 0.3) is 17.4 Å². The number of carboxylic acids is 1. The maximum Gasteiger partial charge on any atom is 0.418 e. The molecule has 0 spiro atoms. The number of aromatic nitrogens is 1. The quantitative estimate of drug-likeness (QED) is 0.0541. The minimum Gasteiger partial charge on any atom is -0.485 e. The smallest absolute Gasteiger partial charge is 0.418 e. The van der Waals surface area contributed by atoms with Gasteiger partial charge in [0.2, 0.25) is 0 Å². The first-order valence-corrected chi connectivity index (χ1v) is 18.1. The summed E-state index contributed by atoms with van der Waals surface area (Å²) in [6.45, 7) is 6.67. The van der Waals surface area contributed by atoms with Gasteiger partial charge < -0.3 is 36.8 Å². The molecule has 50 heavy (non-hydrogen) atoms. The number of nitrogen functional groups attached to an aromatic ring is 1. The normalized spacial score (nSPS) is 22.5. The summed E-state index contributed by atoms with van der Waals surface area (Å²) >= 11 is 0.969. The number of nitrogens with one attached hydrogen (secondary N) is 2. The molecule has 3 aliphatic rings. The van der Waals surface area contributed by atoms with Gasteiger partial charge in [0.15, 0.2) is 16.9 Å². The van der Waals surface area contributed by atoms with Crippen molar-refractivity contribution in [3.05, 3.63) is 40.4 Å². The summed E-state index contributed by atoms with van der Waals surface area (Å²) in [4.78, 5) is 53.0. The van der Waals surface area contributed by atoms with E-state index in [0.717, 1.165) is 54.8 Å². The number of oxime groups is 1. The number of β-lactam (4-membered cyclic amide) rings is 1. The van der Waals surface area contributed by atoms with E-state index in [4.69, 9.17) is 25.6 Å². The molecular weight excluding hydrogens is 697 g/mol. The van der Waals surface area contributed by atoms with Gasteiger partial charge >= 0.3 is 16.4 Å². The number of fused-ring (bicyclic) bond motifs is 1. The van der Waals surface area contributed by atoms with Crippen molar-refractivity contribution in [3.8, 4) is 5.75 Å². The highest BCUT2D eigenvalue weighted by Crippen LogP contribution is 2.35. The van der Waals surface area contributed by atoms with Crippen molar-refractivity contribution in [2.24, 2.45) is 21.8 Å². The second kappa shape index (κ2) is 14.5. The van der Waals surface area contributed by atoms with Crippen LogP contribution in [0.2, 0.25) is 0 Å². The number of hydroxylamine groups is 2. The average molecular weight is 737 g/mol. The number of aliphatic imine (C=N–C) groups is 1. The number of hydrogen-bond acceptors (Lipinski definition) is 14. The molecule has 3 aliphatic heterocycles. The lowest BCUT2D eigenvalue weighted by atomic mass is 9.84. The van der Waals surface area contributed by atoms with E-state index in [1.807, 2.05) is 6.07 Å². The highest BCUT2D eigenvalue weighted by atomic mass is 32.3. The van der Waals surface area contributed by atoms with Crippen molar-refractivity contribution in [1.29, 1.82) is 0 Å². The van der Waals surface area contributed by atoms with E-state index in [-0.39, 0.29) is 17.2 Å². The Morgan fingerprint density at radius 2 is 2.00 bits per heavy atom. The first-order chi connectivity index (χ1) is 23.5. The number of carbonyl (C=O) groups excluding carboxylic acids is 2. The van der Waals surface area contributed by atoms with Crippen LogP contribution in [-0.4, -0.2) is 100 Å². The van der Waals surface area contributed by atoms with Gasteiger partial charge in [-0.25, -0.2) is 9.78 Å². The Kier molecular flexibility index (Phi) is 10.7. The van der Waals surface area contributed by atoms with E-state index in [1.165, 1.54) is 26.2 Å². The molecule has 2 fully saturated rings. The van der Waals surface area contributed by atoms with Gasteiger partial charge in [0.05, 0.1) is 5.54 Å². The van der Waals surface area contributed by atoms with Gasteiger partial charge in [-0.1, -0.05) is 5.16 Å². The Balaban J connectivity index is 1.30. The zero-order valence-corrected chi connectivity index (χ0v) is 29.3. The molecule has 0 bridgehead atoms. The number of thiazole rings is 1. The van der Waals surface area contributed by atoms with E-state index in [2.05, 4.69) is 30.0 Å². The number of piperidine rings is 1. The second-order valence-electron chi connectivity index (χ2n) is 12.9. The summed E-state index contributed by atoms with van der Waals surface area (Å²) in [5.41, 5.74) is 9.47. The van der Waals surface area contributed by atoms with Crippen molar-refractivity contribution >= 4 is 56.2 Å². The highest BCUT2D eigenvalue weighted by molar-refractivity contribution is 7.80. The number of ether oxygens (including phenoxy) is 1. The van der Waals surface area contributed by atoms with E-state index < -0.39 is 57.2 Å². The number of anilines is 1. The number of benzene rings is 1. The van der Waals surface area contributed by atoms with Gasteiger partial charge in [0, 0.05) is 17.5 Å². The lowest BCUT2D eigenvalue weighted by Gasteiger charge is -2.50. The summed E-state index contributed by atoms with van der Waals surface area (Å²) in [5, 5.41) is 21.8. The fourth-order valence-electron chi connectivity index (χ4n) is 5.96. The van der Waals surface area contributed by atoms with E-state index in [0.29, 0.717) is 35.5 Å². The predicted molar refractivity (Wildman–Crippen MR) is 181 cm³/mol. The van der Waals surface area contributed by atoms with Crippen LogP contribution in [0.15, 0.2) is 33.7 Å². The molecular formula is C30H40N8O10S2. The van der Waals surface area contributed by atoms with Crippen LogP contribution in [0.25, 0.3) is 0 Å². The summed E-state index contributed by atoms with van der Waals surface area (Å²) in [5.74, 6) is -1.96. The number of carboxylic acid groups (broad SMARTS) is 1. The third-order valence-electron chi connectivity index (χ3n) is 9.05. The van der Waals surface area contributed by atoms with Crippen LogP contribution in [0, 0.1) is 5.92 Å². The largest absolute Gasteiger partial charge is 0.485 e. The highest BCUT2D eigenvalue weighted by Gasteiger charge is 2.58. The molecule has 1 aromatic carbocycles. The van der Waals surface area contributed by atoms with Gasteiger partial charge in [-0.3, -0.25) is 19.1 Å². The van der Waals surface area contributed by atoms with Gasteiger partial charge in [-0.05, 0) is 95.6 Å². The van der Waals surface area contributed by atoms with Crippen LogP contribution in [0.3, 0.4) is 0 Å². The molecule has 8 N–H and O–H groups in total. The molecule has 2 saturated heterocycles. The molecule has 0 radical (unpaired) electrons. The summed E-state index contributed by atoms with van der Waals surface area (Å²) in [7, 11) is -5.03. The van der Waals surface area contributed by atoms with Gasteiger partial charge in [0.1, 0.15) is 23.3 Å². The van der Waals surface area contributed by atoms with Crippen LogP contribution in [0.4, 0.5) is 5.13 Å². The Morgan fingerprint density at radius 1 is 1.28 bits per heavy atom. The van der Waals surface area contributed by atoms with Crippen molar-refractivity contribution in [1.82, 2.24) is 20.7 Å². The maximum absolute atomic E-state index is 13.5. The third-order valence-corrected chi connectivity index (χ3v) is 10.1. The van der Waals surface area contributed by atoms with Crippen molar-refractivity contribution in [3.63, 3.8) is 0 Å². The minimum atomic E-state index is -5.03. The van der Waals surface area contributed by atoms with E-state index in [1.54, 1.807) is 12.1 Å². The summed E-state index contributed by atoms with van der Waals surface area (Å²) in [6.07, 6.45) is 2.79. The van der Waals surface area contributed by atoms with Crippen LogP contribution in [0.1, 0.15) is 63.3 Å². The predicted octanol–water partition coefficient (Wildman–Crippen LogP) is 0.618. The number of rotatable bonds is 13. The zero-order chi connectivity index (χ0) is 36.4. The Morgan fingerprint density at radius 3 is 2.62 bits per heavy atom. The molecule has 4 heterocycles. The number of amides is 2. The first kappa shape index (κ1) is 36.9. The molecule has 2 amide bonds. The average Bonchev–Trinajstić information content (AvgIpc) is 3.50. The van der Waals surface area contributed by atoms with Crippen molar-refractivity contribution in [2.45, 2.75) is 76.2 Å². The molecule has 272 valence electrons. The van der Waals surface area contributed by atoms with E-state index >= 15 is 0 Å². The molecule has 5 rings (SSSR count). The fourth-order valence-corrected chi connectivity index (χ4v) is 6.96. The number of nitrogens with zero attached hydrogens (tertiary/aromatic N) is 4. The van der Waals surface area contributed by atoms with Crippen LogP contribution < -0.4 is 26.8 Å². The maximum atomic E-state index is 13.5. The number of hydrogen-bond donors (Lipinski definition) is 6. The number of aliphatic carboxylic acids is 1. The molecule has 18 nitrogen and oxygen atoms in total. The Bertz CT molecular complexity index is 1810. The zero-order valence-electron chi connectivity index (χ0n) is 27.6. The summed E-state index contributed by atoms with van der Waals surface area (Å²) < 4.78 is 41.8.